The molecule has 15 heavy (non-hydrogen) atoms. The van der Waals surface area contributed by atoms with Crippen LogP contribution in [0.25, 0.3) is 5.69 Å². The highest BCUT2D eigenvalue weighted by Crippen LogP contribution is 2.11. The summed E-state index contributed by atoms with van der Waals surface area (Å²) in [4.78, 5) is 0. The van der Waals surface area contributed by atoms with Crippen LogP contribution in [-0.2, 0) is 0 Å². The van der Waals surface area contributed by atoms with Gasteiger partial charge < -0.3 is 4.74 Å². The lowest BCUT2D eigenvalue weighted by Gasteiger charge is -2.00. The number of rotatable bonds is 4. The lowest BCUT2D eigenvalue weighted by Crippen LogP contribution is -1.98. The molecule has 0 radical (unpaired) electrons. The van der Waals surface area contributed by atoms with Crippen LogP contribution in [-0.4, -0.2) is 16.4 Å². The Bertz CT molecular complexity index is 409. The Morgan fingerprint density at radius 1 is 1.20 bits per heavy atom. The van der Waals surface area contributed by atoms with Crippen LogP contribution in [0.2, 0.25) is 0 Å². The van der Waals surface area contributed by atoms with Crippen molar-refractivity contribution in [1.82, 2.24) is 9.78 Å². The number of para-hydroxylation sites is 1. The van der Waals surface area contributed by atoms with E-state index in [0.717, 1.165) is 12.1 Å². The average molecular weight is 202 g/mol. The van der Waals surface area contributed by atoms with Gasteiger partial charge in [-0.2, -0.15) is 0 Å². The van der Waals surface area contributed by atoms with Crippen LogP contribution in [0.15, 0.2) is 42.6 Å². The largest absolute Gasteiger partial charge is 0.477 e. The van der Waals surface area contributed by atoms with Gasteiger partial charge in [-0.15, -0.1) is 5.10 Å². The van der Waals surface area contributed by atoms with Crippen molar-refractivity contribution in [1.29, 1.82) is 0 Å². The number of hydrogen-bond donors (Lipinski definition) is 0. The van der Waals surface area contributed by atoms with Crippen molar-refractivity contribution in [3.05, 3.63) is 42.6 Å². The fraction of sp³-hybridized carbons (Fsp3) is 0.250. The van der Waals surface area contributed by atoms with E-state index >= 15 is 0 Å². The first kappa shape index (κ1) is 9.77. The Balaban J connectivity index is 2.14. The molecule has 3 heteroatoms. The van der Waals surface area contributed by atoms with Crippen molar-refractivity contribution in [3.63, 3.8) is 0 Å². The summed E-state index contributed by atoms with van der Waals surface area (Å²) in [7, 11) is 0. The third-order valence-electron chi connectivity index (χ3n) is 2.04. The molecule has 2 rings (SSSR count). The summed E-state index contributed by atoms with van der Waals surface area (Å²) in [5.41, 5.74) is 1.05. The molecule has 1 aromatic carbocycles. The molecule has 0 bridgehead atoms. The summed E-state index contributed by atoms with van der Waals surface area (Å²) in [5.74, 6) is 0.681. The van der Waals surface area contributed by atoms with Gasteiger partial charge in [-0.25, -0.2) is 4.68 Å². The molecule has 0 aliphatic heterocycles. The standard InChI is InChI=1S/C12H14N2O/c1-2-10-15-12-8-9-14(13-12)11-6-4-3-5-7-11/h3-9H,2,10H2,1H3. The van der Waals surface area contributed by atoms with Gasteiger partial charge in [-0.05, 0) is 18.6 Å². The normalized spacial score (nSPS) is 10.2. The van der Waals surface area contributed by atoms with E-state index in [1.165, 1.54) is 0 Å². The smallest absolute Gasteiger partial charge is 0.233 e. The van der Waals surface area contributed by atoms with Crippen molar-refractivity contribution in [3.8, 4) is 11.6 Å². The van der Waals surface area contributed by atoms with Crippen molar-refractivity contribution >= 4 is 0 Å². The van der Waals surface area contributed by atoms with Gasteiger partial charge in [0.05, 0.1) is 12.3 Å². The van der Waals surface area contributed by atoms with E-state index < -0.39 is 0 Å². The van der Waals surface area contributed by atoms with Gasteiger partial charge in [-0.3, -0.25) is 0 Å². The highest BCUT2D eigenvalue weighted by atomic mass is 16.5. The highest BCUT2D eigenvalue weighted by Gasteiger charge is 2.00. The topological polar surface area (TPSA) is 27.1 Å². The molecule has 1 aromatic heterocycles. The number of hydrogen-bond acceptors (Lipinski definition) is 2. The molecule has 0 amide bonds. The van der Waals surface area contributed by atoms with Crippen molar-refractivity contribution < 1.29 is 4.74 Å². The van der Waals surface area contributed by atoms with E-state index in [-0.39, 0.29) is 0 Å². The SMILES string of the molecule is CCCOc1ccn(-c2ccccc2)n1. The van der Waals surface area contributed by atoms with E-state index in [1.54, 1.807) is 0 Å². The zero-order valence-corrected chi connectivity index (χ0v) is 8.76. The number of ether oxygens (including phenoxy) is 1. The quantitative estimate of drug-likeness (QED) is 0.762. The third-order valence-corrected chi connectivity index (χ3v) is 2.04. The fourth-order valence-corrected chi connectivity index (χ4v) is 1.32. The fourth-order valence-electron chi connectivity index (χ4n) is 1.32. The van der Waals surface area contributed by atoms with E-state index in [9.17, 15) is 0 Å². The van der Waals surface area contributed by atoms with E-state index in [4.69, 9.17) is 4.74 Å². The van der Waals surface area contributed by atoms with Crippen LogP contribution >= 0.6 is 0 Å². The first-order valence-electron chi connectivity index (χ1n) is 5.14. The molecule has 0 saturated carbocycles. The lowest BCUT2D eigenvalue weighted by molar-refractivity contribution is 0.303. The van der Waals surface area contributed by atoms with Gasteiger partial charge in [0.15, 0.2) is 0 Å². The minimum absolute atomic E-state index is 0.681. The Labute approximate surface area is 89.3 Å². The second kappa shape index (κ2) is 4.64. The van der Waals surface area contributed by atoms with Gasteiger partial charge in [0.25, 0.3) is 0 Å². The number of nitrogens with zero attached hydrogens (tertiary/aromatic N) is 2. The Morgan fingerprint density at radius 3 is 2.73 bits per heavy atom. The van der Waals surface area contributed by atoms with Gasteiger partial charge >= 0.3 is 0 Å². The Morgan fingerprint density at radius 2 is 2.00 bits per heavy atom. The molecule has 1 heterocycles. The van der Waals surface area contributed by atoms with Gasteiger partial charge in [0.2, 0.25) is 5.88 Å². The van der Waals surface area contributed by atoms with E-state index in [1.807, 2.05) is 47.3 Å². The molecule has 0 unspecified atom stereocenters. The molecular weight excluding hydrogens is 188 g/mol. The van der Waals surface area contributed by atoms with Crippen molar-refractivity contribution in [2.45, 2.75) is 13.3 Å². The minimum Gasteiger partial charge on any atom is -0.477 e. The second-order valence-corrected chi connectivity index (χ2v) is 3.28. The summed E-state index contributed by atoms with van der Waals surface area (Å²) in [5, 5.41) is 4.31. The van der Waals surface area contributed by atoms with Crippen LogP contribution < -0.4 is 4.74 Å². The van der Waals surface area contributed by atoms with Gasteiger partial charge in [-0.1, -0.05) is 25.1 Å². The summed E-state index contributed by atoms with van der Waals surface area (Å²) in [6.45, 7) is 2.79. The van der Waals surface area contributed by atoms with Crippen LogP contribution in [0.3, 0.4) is 0 Å². The second-order valence-electron chi connectivity index (χ2n) is 3.28. The van der Waals surface area contributed by atoms with Crippen molar-refractivity contribution in [2.75, 3.05) is 6.61 Å². The van der Waals surface area contributed by atoms with Crippen LogP contribution in [0, 0.1) is 0 Å². The van der Waals surface area contributed by atoms with Crippen molar-refractivity contribution in [2.24, 2.45) is 0 Å². The Hall–Kier alpha value is -1.77. The molecule has 0 spiro atoms. The molecule has 0 fully saturated rings. The number of benzene rings is 1. The summed E-state index contributed by atoms with van der Waals surface area (Å²) < 4.78 is 7.24. The number of aromatic nitrogens is 2. The monoisotopic (exact) mass is 202 g/mol. The predicted octanol–water partition coefficient (Wildman–Crippen LogP) is 2.66. The zero-order valence-electron chi connectivity index (χ0n) is 8.76. The molecule has 0 N–H and O–H groups in total. The van der Waals surface area contributed by atoms with E-state index in [2.05, 4.69) is 12.0 Å². The molecule has 0 aliphatic rings. The summed E-state index contributed by atoms with van der Waals surface area (Å²) in [6, 6.07) is 11.9. The first-order chi connectivity index (χ1) is 7.40. The van der Waals surface area contributed by atoms with Crippen LogP contribution in [0.4, 0.5) is 0 Å². The Kier molecular flexibility index (Phi) is 3.02. The predicted molar refractivity (Wildman–Crippen MR) is 59.4 cm³/mol. The third kappa shape index (κ3) is 2.37. The molecule has 3 nitrogen and oxygen atoms in total. The van der Waals surface area contributed by atoms with E-state index in [0.29, 0.717) is 12.5 Å². The average Bonchev–Trinajstić information content (AvgIpc) is 2.76. The zero-order chi connectivity index (χ0) is 10.5. The molecule has 0 atom stereocenters. The summed E-state index contributed by atoms with van der Waals surface area (Å²) >= 11 is 0. The lowest BCUT2D eigenvalue weighted by atomic mass is 10.3. The van der Waals surface area contributed by atoms with Gasteiger partial charge in [0.1, 0.15) is 0 Å². The molecule has 2 aromatic rings. The maximum atomic E-state index is 5.43. The minimum atomic E-state index is 0.681. The maximum Gasteiger partial charge on any atom is 0.233 e. The maximum absolute atomic E-state index is 5.43. The highest BCUT2D eigenvalue weighted by molar-refractivity contribution is 5.31. The molecule has 0 aliphatic carbocycles. The van der Waals surface area contributed by atoms with Crippen LogP contribution in [0.1, 0.15) is 13.3 Å². The summed E-state index contributed by atoms with van der Waals surface area (Å²) in [6.07, 6.45) is 2.90. The molecular formula is C12H14N2O. The molecule has 0 saturated heterocycles. The molecule has 78 valence electrons. The van der Waals surface area contributed by atoms with Crippen LogP contribution in [0.5, 0.6) is 5.88 Å². The first-order valence-corrected chi connectivity index (χ1v) is 5.14. The van der Waals surface area contributed by atoms with Gasteiger partial charge in [0, 0.05) is 12.3 Å².